The maximum Gasteiger partial charge on any atom is 0.306 e. The molecule has 0 amide bonds. The first-order chi connectivity index (χ1) is 7.70. The molecule has 0 aliphatic heterocycles. The van der Waals surface area contributed by atoms with Gasteiger partial charge in [-0.05, 0) is 42.4 Å². The molecule has 1 atom stereocenters. The average molecular weight is 220 g/mol. The summed E-state index contributed by atoms with van der Waals surface area (Å²) in [5.41, 5.74) is 1.04. The van der Waals surface area contributed by atoms with Gasteiger partial charge in [0.05, 0.1) is 13.5 Å². The van der Waals surface area contributed by atoms with Gasteiger partial charge in [0.15, 0.2) is 0 Å². The molecule has 1 N–H and O–H groups in total. The van der Waals surface area contributed by atoms with Crippen LogP contribution in [-0.2, 0) is 9.53 Å². The van der Waals surface area contributed by atoms with Crippen molar-refractivity contribution in [2.75, 3.05) is 7.11 Å². The lowest BCUT2D eigenvalue weighted by atomic mass is 9.91. The van der Waals surface area contributed by atoms with Crippen LogP contribution in [0.1, 0.15) is 30.7 Å². The smallest absolute Gasteiger partial charge is 0.306 e. The maximum absolute atomic E-state index is 11.3. The number of aromatic hydroxyl groups is 1. The minimum absolute atomic E-state index is 0.180. The van der Waals surface area contributed by atoms with Gasteiger partial charge in [-0.1, -0.05) is 12.1 Å². The Bertz CT molecular complexity index is 383. The minimum Gasteiger partial charge on any atom is -0.508 e. The second-order valence-corrected chi connectivity index (χ2v) is 4.32. The van der Waals surface area contributed by atoms with Crippen LogP contribution in [0.4, 0.5) is 0 Å². The highest BCUT2D eigenvalue weighted by molar-refractivity contribution is 5.70. The third kappa shape index (κ3) is 2.54. The molecule has 1 aromatic rings. The molecular formula is C13H16O3. The standard InChI is InChI=1S/C13H16O3/c1-16-13(15)8-12(9-5-6-9)10-3-2-4-11(14)7-10/h2-4,7,9,12,14H,5-6,8H2,1H3. The van der Waals surface area contributed by atoms with Crippen LogP contribution in [0.5, 0.6) is 5.75 Å². The van der Waals surface area contributed by atoms with Gasteiger partial charge in [-0.2, -0.15) is 0 Å². The first-order valence-corrected chi connectivity index (χ1v) is 5.56. The number of methoxy groups -OCH3 is 1. The van der Waals surface area contributed by atoms with Gasteiger partial charge in [-0.3, -0.25) is 4.79 Å². The van der Waals surface area contributed by atoms with E-state index in [2.05, 4.69) is 0 Å². The Kier molecular flexibility index (Phi) is 3.13. The predicted molar refractivity (Wildman–Crippen MR) is 60.2 cm³/mol. The summed E-state index contributed by atoms with van der Waals surface area (Å²) in [5, 5.41) is 9.44. The molecule has 3 nitrogen and oxygen atoms in total. The molecular weight excluding hydrogens is 204 g/mol. The zero-order valence-corrected chi connectivity index (χ0v) is 9.35. The van der Waals surface area contributed by atoms with Gasteiger partial charge in [-0.25, -0.2) is 0 Å². The summed E-state index contributed by atoms with van der Waals surface area (Å²) in [6, 6.07) is 7.17. The Morgan fingerprint density at radius 3 is 2.88 bits per heavy atom. The topological polar surface area (TPSA) is 46.5 Å². The highest BCUT2D eigenvalue weighted by atomic mass is 16.5. The molecule has 1 fully saturated rings. The van der Waals surface area contributed by atoms with E-state index in [1.165, 1.54) is 7.11 Å². The number of hydrogen-bond acceptors (Lipinski definition) is 3. The number of ether oxygens (including phenoxy) is 1. The van der Waals surface area contributed by atoms with Crippen molar-refractivity contribution in [2.24, 2.45) is 5.92 Å². The zero-order valence-electron chi connectivity index (χ0n) is 9.35. The summed E-state index contributed by atoms with van der Waals surface area (Å²) in [4.78, 5) is 11.3. The Hall–Kier alpha value is -1.51. The number of phenolic OH excluding ortho intramolecular Hbond substituents is 1. The average Bonchev–Trinajstić information content (AvgIpc) is 3.09. The Balaban J connectivity index is 2.15. The first kappa shape index (κ1) is 11.0. The largest absolute Gasteiger partial charge is 0.508 e. The highest BCUT2D eigenvalue weighted by Crippen LogP contribution is 2.45. The van der Waals surface area contributed by atoms with E-state index in [1.54, 1.807) is 12.1 Å². The summed E-state index contributed by atoms with van der Waals surface area (Å²) in [6.07, 6.45) is 2.74. The monoisotopic (exact) mass is 220 g/mol. The third-order valence-corrected chi connectivity index (χ3v) is 3.10. The molecule has 0 aromatic heterocycles. The zero-order chi connectivity index (χ0) is 11.5. The number of hydrogen-bond donors (Lipinski definition) is 1. The Morgan fingerprint density at radius 2 is 2.31 bits per heavy atom. The number of phenols is 1. The second kappa shape index (κ2) is 4.56. The Morgan fingerprint density at radius 1 is 1.56 bits per heavy atom. The van der Waals surface area contributed by atoms with Gasteiger partial charge in [0.25, 0.3) is 0 Å². The molecule has 1 aromatic carbocycles. The van der Waals surface area contributed by atoms with Gasteiger partial charge in [0.2, 0.25) is 0 Å². The van der Waals surface area contributed by atoms with Crippen LogP contribution in [0.15, 0.2) is 24.3 Å². The molecule has 0 saturated heterocycles. The van der Waals surface area contributed by atoms with Crippen LogP contribution in [0.2, 0.25) is 0 Å². The molecule has 1 aliphatic carbocycles. The normalized spacial score (nSPS) is 16.8. The lowest BCUT2D eigenvalue weighted by Crippen LogP contribution is -2.10. The van der Waals surface area contributed by atoms with Crippen LogP contribution in [-0.4, -0.2) is 18.2 Å². The SMILES string of the molecule is COC(=O)CC(c1cccc(O)c1)C1CC1. The number of benzene rings is 1. The summed E-state index contributed by atoms with van der Waals surface area (Å²) in [6.45, 7) is 0. The van der Waals surface area contributed by atoms with Crippen molar-refractivity contribution in [3.05, 3.63) is 29.8 Å². The van der Waals surface area contributed by atoms with E-state index in [0.29, 0.717) is 12.3 Å². The van der Waals surface area contributed by atoms with Gasteiger partial charge in [-0.15, -0.1) is 0 Å². The summed E-state index contributed by atoms with van der Waals surface area (Å²) < 4.78 is 4.71. The van der Waals surface area contributed by atoms with E-state index in [0.717, 1.165) is 18.4 Å². The van der Waals surface area contributed by atoms with E-state index in [-0.39, 0.29) is 17.6 Å². The van der Waals surface area contributed by atoms with Crippen LogP contribution in [0.25, 0.3) is 0 Å². The minimum atomic E-state index is -0.180. The molecule has 0 heterocycles. The number of esters is 1. The molecule has 86 valence electrons. The van der Waals surface area contributed by atoms with E-state index >= 15 is 0 Å². The van der Waals surface area contributed by atoms with Gasteiger partial charge >= 0.3 is 5.97 Å². The van der Waals surface area contributed by atoms with Crippen molar-refractivity contribution < 1.29 is 14.6 Å². The second-order valence-electron chi connectivity index (χ2n) is 4.32. The van der Waals surface area contributed by atoms with Crippen molar-refractivity contribution in [2.45, 2.75) is 25.2 Å². The summed E-state index contributed by atoms with van der Waals surface area (Å²) in [5.74, 6) is 0.841. The van der Waals surface area contributed by atoms with Crippen molar-refractivity contribution in [3.8, 4) is 5.75 Å². The van der Waals surface area contributed by atoms with Crippen LogP contribution >= 0.6 is 0 Å². The van der Waals surface area contributed by atoms with E-state index in [1.807, 2.05) is 12.1 Å². The molecule has 1 saturated carbocycles. The molecule has 3 heteroatoms. The van der Waals surface area contributed by atoms with Gasteiger partial charge in [0, 0.05) is 0 Å². The van der Waals surface area contributed by atoms with Crippen molar-refractivity contribution in [1.29, 1.82) is 0 Å². The molecule has 2 rings (SSSR count). The third-order valence-electron chi connectivity index (χ3n) is 3.10. The Labute approximate surface area is 95.0 Å². The molecule has 0 bridgehead atoms. The fourth-order valence-electron chi connectivity index (χ4n) is 2.07. The molecule has 1 unspecified atom stereocenters. The number of rotatable bonds is 4. The summed E-state index contributed by atoms with van der Waals surface area (Å²) in [7, 11) is 1.41. The lowest BCUT2D eigenvalue weighted by molar-refractivity contribution is -0.141. The predicted octanol–water partition coefficient (Wildman–Crippen LogP) is 2.45. The number of carbonyl (C=O) groups excluding carboxylic acids is 1. The quantitative estimate of drug-likeness (QED) is 0.793. The fourth-order valence-corrected chi connectivity index (χ4v) is 2.07. The van der Waals surface area contributed by atoms with Gasteiger partial charge < -0.3 is 9.84 Å². The van der Waals surface area contributed by atoms with Crippen LogP contribution in [0.3, 0.4) is 0 Å². The van der Waals surface area contributed by atoms with Crippen molar-refractivity contribution >= 4 is 5.97 Å². The van der Waals surface area contributed by atoms with Gasteiger partial charge in [0.1, 0.15) is 5.75 Å². The molecule has 0 spiro atoms. The lowest BCUT2D eigenvalue weighted by Gasteiger charge is -2.15. The first-order valence-electron chi connectivity index (χ1n) is 5.56. The van der Waals surface area contributed by atoms with Crippen molar-refractivity contribution in [3.63, 3.8) is 0 Å². The van der Waals surface area contributed by atoms with E-state index in [4.69, 9.17) is 4.74 Å². The van der Waals surface area contributed by atoms with E-state index < -0.39 is 0 Å². The van der Waals surface area contributed by atoms with E-state index in [9.17, 15) is 9.90 Å². The van der Waals surface area contributed by atoms with Crippen molar-refractivity contribution in [1.82, 2.24) is 0 Å². The van der Waals surface area contributed by atoms with Crippen LogP contribution < -0.4 is 0 Å². The summed E-state index contributed by atoms with van der Waals surface area (Å²) >= 11 is 0. The van der Waals surface area contributed by atoms with Crippen LogP contribution in [0, 0.1) is 5.92 Å². The molecule has 1 aliphatic rings. The highest BCUT2D eigenvalue weighted by Gasteiger charge is 2.34. The molecule has 16 heavy (non-hydrogen) atoms. The number of carbonyl (C=O) groups is 1. The fraction of sp³-hybridized carbons (Fsp3) is 0.462. The maximum atomic E-state index is 11.3. The molecule has 0 radical (unpaired) electrons.